The second-order valence-electron chi connectivity index (χ2n) is 5.06. The highest BCUT2D eigenvalue weighted by molar-refractivity contribution is 6.30. The Hall–Kier alpha value is -2.92. The number of pyridine rings is 1. The molecule has 2 aliphatic heterocycles. The summed E-state index contributed by atoms with van der Waals surface area (Å²) < 4.78 is 0. The van der Waals surface area contributed by atoms with Crippen LogP contribution in [0.2, 0.25) is 5.02 Å². The van der Waals surface area contributed by atoms with Crippen LogP contribution < -0.4 is 11.1 Å². The minimum Gasteiger partial charge on any atom is -0.267 e. The van der Waals surface area contributed by atoms with Gasteiger partial charge in [0.1, 0.15) is 5.69 Å². The van der Waals surface area contributed by atoms with Crippen LogP contribution >= 0.6 is 11.6 Å². The number of halogens is 1. The summed E-state index contributed by atoms with van der Waals surface area (Å²) in [7, 11) is 0. The van der Waals surface area contributed by atoms with E-state index in [-0.39, 0.29) is 16.1 Å². The van der Waals surface area contributed by atoms with Gasteiger partial charge < -0.3 is 0 Å². The summed E-state index contributed by atoms with van der Waals surface area (Å²) in [5.41, 5.74) is 1.73. The van der Waals surface area contributed by atoms with Gasteiger partial charge >= 0.3 is 0 Å². The normalized spacial score (nSPS) is 11.2. The third kappa shape index (κ3) is 2.22. The van der Waals surface area contributed by atoms with E-state index in [2.05, 4.69) is 15.0 Å². The van der Waals surface area contributed by atoms with Gasteiger partial charge in [-0.1, -0.05) is 29.8 Å². The molecular formula is C17H8ClN3O2. The van der Waals surface area contributed by atoms with Crippen LogP contribution in [0.4, 0.5) is 0 Å². The number of hydrogen-bond donors (Lipinski definition) is 0. The van der Waals surface area contributed by atoms with Crippen LogP contribution in [0, 0.1) is 10.4 Å². The lowest BCUT2D eigenvalue weighted by molar-refractivity contribution is 1.20. The highest BCUT2D eigenvalue weighted by Gasteiger charge is 2.14. The van der Waals surface area contributed by atoms with Crippen LogP contribution in [-0.4, -0.2) is 15.0 Å². The first-order valence-corrected chi connectivity index (χ1v) is 7.20. The molecule has 4 rings (SSSR count). The molecule has 110 valence electrons. The molecule has 2 aromatic rings. The van der Waals surface area contributed by atoms with Crippen molar-refractivity contribution in [2.45, 2.75) is 0 Å². The first-order valence-electron chi connectivity index (χ1n) is 6.82. The maximum absolute atomic E-state index is 11.8. The van der Waals surface area contributed by atoms with E-state index < -0.39 is 11.1 Å². The van der Waals surface area contributed by atoms with Crippen LogP contribution in [0.3, 0.4) is 0 Å². The number of nitrogens with zero attached hydrogens (tertiary/aromatic N) is 3. The third-order valence-electron chi connectivity index (χ3n) is 3.66. The van der Waals surface area contributed by atoms with Gasteiger partial charge in [-0.25, -0.2) is 9.97 Å². The van der Waals surface area contributed by atoms with Crippen molar-refractivity contribution >= 4 is 11.6 Å². The van der Waals surface area contributed by atoms with E-state index in [1.165, 1.54) is 6.20 Å². The molecule has 0 amide bonds. The fraction of sp³-hybridized carbons (Fsp3) is 0. The zero-order valence-electron chi connectivity index (χ0n) is 11.7. The standard InChI is InChI=1S/C17H8ClN3O2/c18-11-4-1-9(2-5-11)10-3-6-13(19-7-10)15-14-12(16(22)21-15)8-20-17(14)23/h1-8H. The molecule has 23 heavy (non-hydrogen) atoms. The molecule has 1 aromatic carbocycles. The van der Waals surface area contributed by atoms with Crippen molar-refractivity contribution in [2.24, 2.45) is 0 Å². The summed E-state index contributed by atoms with van der Waals surface area (Å²) in [6, 6.07) is 11.0. The minimum atomic E-state index is -0.451. The number of aromatic nitrogens is 3. The quantitative estimate of drug-likeness (QED) is 0.566. The van der Waals surface area contributed by atoms with Crippen LogP contribution in [0.25, 0.3) is 22.5 Å². The zero-order chi connectivity index (χ0) is 16.0. The Morgan fingerprint density at radius 3 is 2.22 bits per heavy atom. The summed E-state index contributed by atoms with van der Waals surface area (Å²) in [5.74, 6) is 0. The molecule has 0 saturated heterocycles. The Balaban J connectivity index is 1.82. The summed E-state index contributed by atoms with van der Waals surface area (Å²) >= 11 is 5.88. The number of hydrogen-bond acceptors (Lipinski definition) is 5. The molecule has 0 unspecified atom stereocenters. The van der Waals surface area contributed by atoms with Gasteiger partial charge in [0.2, 0.25) is 0 Å². The lowest BCUT2D eigenvalue weighted by atomic mass is 10.1. The fourth-order valence-corrected chi connectivity index (χ4v) is 2.63. The summed E-state index contributed by atoms with van der Waals surface area (Å²) in [4.78, 5) is 35.4. The molecule has 0 saturated carbocycles. The Bertz CT molecular complexity index is 1140. The van der Waals surface area contributed by atoms with Gasteiger partial charge in [-0.05, 0) is 23.8 Å². The maximum Gasteiger partial charge on any atom is 0.280 e. The SMILES string of the molecule is O=c1nc(-c2ccc(-c3ccc(Cl)cc3)cn2)c2c(=O)ncc1=2. The molecule has 0 radical (unpaired) electrons. The van der Waals surface area contributed by atoms with Crippen LogP contribution in [-0.2, 0) is 0 Å². The Kier molecular flexibility index (Phi) is 3.02. The van der Waals surface area contributed by atoms with Gasteiger partial charge in [0, 0.05) is 23.0 Å². The predicted molar refractivity (Wildman–Crippen MR) is 85.9 cm³/mol. The van der Waals surface area contributed by atoms with Gasteiger partial charge in [-0.15, -0.1) is 0 Å². The second kappa shape index (κ2) is 5.07. The molecule has 0 bridgehead atoms. The highest BCUT2D eigenvalue weighted by Crippen LogP contribution is 2.23. The Morgan fingerprint density at radius 1 is 0.783 bits per heavy atom. The first kappa shape index (κ1) is 13.7. The average molecular weight is 322 g/mol. The van der Waals surface area contributed by atoms with Crippen molar-refractivity contribution in [3.8, 4) is 22.5 Å². The average Bonchev–Trinajstić information content (AvgIpc) is 3.10. The minimum absolute atomic E-state index is 0.238. The number of rotatable bonds is 2. The van der Waals surface area contributed by atoms with E-state index in [9.17, 15) is 9.59 Å². The molecule has 0 fully saturated rings. The first-order chi connectivity index (χ1) is 11.1. The Labute approximate surface area is 134 Å². The van der Waals surface area contributed by atoms with Gasteiger partial charge in [0.15, 0.2) is 0 Å². The van der Waals surface area contributed by atoms with Crippen molar-refractivity contribution < 1.29 is 0 Å². The molecule has 0 atom stereocenters. The fourth-order valence-electron chi connectivity index (χ4n) is 2.51. The van der Waals surface area contributed by atoms with E-state index in [0.717, 1.165) is 11.1 Å². The zero-order valence-corrected chi connectivity index (χ0v) is 12.4. The lowest BCUT2D eigenvalue weighted by Gasteiger charge is -2.02. The van der Waals surface area contributed by atoms with Gasteiger partial charge in [-0.2, -0.15) is 0 Å². The second-order valence-corrected chi connectivity index (χ2v) is 5.49. The van der Waals surface area contributed by atoms with Crippen LogP contribution in [0.5, 0.6) is 0 Å². The van der Waals surface area contributed by atoms with Crippen molar-refractivity contribution in [1.29, 1.82) is 0 Å². The van der Waals surface area contributed by atoms with Gasteiger partial charge in [-0.3, -0.25) is 14.6 Å². The van der Waals surface area contributed by atoms with Crippen molar-refractivity contribution in [3.05, 3.63) is 85.0 Å². The Morgan fingerprint density at radius 2 is 1.52 bits per heavy atom. The number of benzene rings is 1. The molecule has 5 nitrogen and oxygen atoms in total. The highest BCUT2D eigenvalue weighted by atomic mass is 35.5. The van der Waals surface area contributed by atoms with Crippen LogP contribution in [0.1, 0.15) is 0 Å². The molecule has 0 spiro atoms. The molecule has 0 aliphatic carbocycles. The monoisotopic (exact) mass is 321 g/mol. The molecule has 6 heteroatoms. The smallest absolute Gasteiger partial charge is 0.267 e. The topological polar surface area (TPSA) is 72.8 Å². The van der Waals surface area contributed by atoms with E-state index in [1.807, 2.05) is 18.2 Å². The third-order valence-corrected chi connectivity index (χ3v) is 3.91. The molecule has 3 heterocycles. The van der Waals surface area contributed by atoms with Crippen LogP contribution in [0.15, 0.2) is 58.4 Å². The van der Waals surface area contributed by atoms with Crippen molar-refractivity contribution in [2.75, 3.05) is 0 Å². The molecule has 2 aliphatic rings. The predicted octanol–water partition coefficient (Wildman–Crippen LogP) is 2.18. The lowest BCUT2D eigenvalue weighted by Crippen LogP contribution is -2.02. The van der Waals surface area contributed by atoms with Crippen molar-refractivity contribution in [1.82, 2.24) is 15.0 Å². The van der Waals surface area contributed by atoms with E-state index >= 15 is 0 Å². The maximum atomic E-state index is 11.8. The summed E-state index contributed by atoms with van der Waals surface area (Å²) in [6.07, 6.45) is 2.93. The van der Waals surface area contributed by atoms with E-state index in [4.69, 9.17) is 11.6 Å². The van der Waals surface area contributed by atoms with E-state index in [0.29, 0.717) is 10.7 Å². The summed E-state index contributed by atoms with van der Waals surface area (Å²) in [5, 5.41) is 1.15. The summed E-state index contributed by atoms with van der Waals surface area (Å²) in [6.45, 7) is 0. The largest absolute Gasteiger partial charge is 0.280 e. The molecule has 0 N–H and O–H groups in total. The van der Waals surface area contributed by atoms with Gasteiger partial charge in [0.05, 0.1) is 16.1 Å². The van der Waals surface area contributed by atoms with E-state index in [1.54, 1.807) is 24.4 Å². The molecule has 1 aromatic heterocycles. The molecular weight excluding hydrogens is 314 g/mol. The van der Waals surface area contributed by atoms with Gasteiger partial charge in [0.25, 0.3) is 11.1 Å². The van der Waals surface area contributed by atoms with Crippen molar-refractivity contribution in [3.63, 3.8) is 0 Å².